The van der Waals surface area contributed by atoms with Crippen LogP contribution in [0.5, 0.6) is 0 Å². The van der Waals surface area contributed by atoms with E-state index in [1.165, 1.54) is 35.9 Å². The minimum absolute atomic E-state index is 0.0219. The molecule has 16 atom stereocenters. The predicted octanol–water partition coefficient (Wildman–Crippen LogP) is -4.25. The summed E-state index contributed by atoms with van der Waals surface area (Å²) in [5.41, 5.74) is 9.73. The lowest BCUT2D eigenvalue weighted by Gasteiger charge is -2.26. The molecule has 76 heavy (non-hydrogen) atoms. The number of rotatable bonds is 20. The van der Waals surface area contributed by atoms with Crippen LogP contribution in [0.3, 0.4) is 0 Å². The number of aliphatic hydroxyl groups is 4. The van der Waals surface area contributed by atoms with Gasteiger partial charge >= 0.3 is 36.9 Å². The molecule has 0 aromatic carbocycles. The number of hydrogen-bond acceptors (Lipinski definition) is 29. The summed E-state index contributed by atoms with van der Waals surface area (Å²) in [5.74, 6) is -0.373. The van der Waals surface area contributed by atoms with E-state index in [4.69, 9.17) is 48.5 Å². The minimum atomic E-state index is -6.20. The lowest BCUT2D eigenvalue weighted by molar-refractivity contribution is -0.745. The summed E-state index contributed by atoms with van der Waals surface area (Å²) in [4.78, 5) is 96.2. The number of nitrogen functional groups attached to an aromatic ring is 2. The predicted molar refractivity (Wildman–Crippen MR) is 244 cm³/mol. The van der Waals surface area contributed by atoms with Crippen LogP contribution in [-0.2, 0) is 71.0 Å². The first kappa shape index (κ1) is 55.6. The maximum atomic E-state index is 13.7. The van der Waals surface area contributed by atoms with Gasteiger partial charge in [0.15, 0.2) is 41.4 Å². The molecular weight excluding hydrogens is 1110 g/mol. The van der Waals surface area contributed by atoms with Crippen LogP contribution in [0.2, 0.25) is 0 Å². The Hall–Kier alpha value is -5.15. The largest absolute Gasteiger partial charge is 0.490 e. The molecule has 0 radical (unpaired) electrons. The molecule has 9 heterocycles. The zero-order valence-electron chi connectivity index (χ0n) is 38.9. The molecule has 3 aliphatic heterocycles. The van der Waals surface area contributed by atoms with Crippen LogP contribution >= 0.6 is 31.3 Å². The zero-order valence-corrected chi connectivity index (χ0v) is 42.5. The number of H-pyrrole nitrogens is 2. The number of nitrogens with two attached hydrogens (primary N) is 2. The standard InChI is InChI=1S/C33H45N15O24P4/c1-36-23-14-24(38-7-37-23)46(8-39-14)31-22(63-3)21(70-73(55,56)64-4-11-17(49)19(51)29(67-11)47-9-40-15-25(47)41-32(34)43-27(15)53)13(69-31)6-66-75(59,60)72-76(61,62)71-74(57,58)65-5-12-18(50)20(52)30(68-12)48-10-45(2)16-26(48)42-33(35)44-28(16)54/h7-13,17-22,29-31,49-52H,4-6H2,1-3H3,(H10-,34,35,36,37,38,41,42,43,44,53,54,55,56,57,58,59,60,61,62)/p+1/t11-,12-,13-,17+,18+,19?,20?,21+,22?,29-,30-,31-/m1/s1. The number of nitrogens with zero attached hydrogens (tertiary/aromatic N) is 10. The third-order valence-electron chi connectivity index (χ3n) is 11.8. The van der Waals surface area contributed by atoms with E-state index in [1.54, 1.807) is 0 Å². The van der Waals surface area contributed by atoms with Crippen LogP contribution < -0.4 is 32.5 Å². The van der Waals surface area contributed by atoms with Crippen LogP contribution in [0, 0.1) is 0 Å². The Kier molecular flexibility index (Phi) is 15.3. The quantitative estimate of drug-likeness (QED) is 0.0254. The number of aromatic amines is 2. The number of nitrogens with one attached hydrogen (secondary N) is 3. The molecule has 6 aromatic heterocycles. The highest BCUT2D eigenvalue weighted by molar-refractivity contribution is 7.66. The Bertz CT molecular complexity index is 3490. The number of ether oxygens (including phenoxy) is 4. The van der Waals surface area contributed by atoms with E-state index in [0.29, 0.717) is 0 Å². The molecule has 39 nitrogen and oxygen atoms in total. The molecule has 0 saturated carbocycles. The van der Waals surface area contributed by atoms with Crippen molar-refractivity contribution in [2.24, 2.45) is 7.05 Å². The fraction of sp³-hybridized carbons (Fsp3) is 0.545. The summed E-state index contributed by atoms with van der Waals surface area (Å²) in [5, 5.41) is 46.0. The average molecular weight is 1160 g/mol. The highest BCUT2D eigenvalue weighted by Crippen LogP contribution is 2.68. The second-order valence-corrected chi connectivity index (χ2v) is 22.7. The van der Waals surface area contributed by atoms with Gasteiger partial charge in [-0.2, -0.15) is 13.6 Å². The Morgan fingerprint density at radius 1 is 0.697 bits per heavy atom. The maximum absolute atomic E-state index is 13.7. The highest BCUT2D eigenvalue weighted by Gasteiger charge is 2.54. The van der Waals surface area contributed by atoms with Crippen LogP contribution in [0.25, 0.3) is 33.5 Å². The normalized spacial score (nSPS) is 30.2. The molecule has 0 aliphatic carbocycles. The molecule has 0 bridgehead atoms. The minimum Gasteiger partial charge on any atom is -0.387 e. The summed E-state index contributed by atoms with van der Waals surface area (Å²) in [7, 11) is -19.4. The molecule has 0 amide bonds. The third-order valence-corrected chi connectivity index (χ3v) is 17.0. The molecule has 9 rings (SSSR count). The number of methoxy groups -OCH3 is 1. The number of anilines is 3. The molecule has 15 N–H and O–H groups in total. The first-order valence-corrected chi connectivity index (χ1v) is 27.6. The number of aliphatic hydroxyl groups excluding tert-OH is 4. The first-order chi connectivity index (χ1) is 35.7. The van der Waals surface area contributed by atoms with Crippen molar-refractivity contribution in [1.82, 2.24) is 53.6 Å². The summed E-state index contributed by atoms with van der Waals surface area (Å²) in [6.45, 7) is -3.38. The molecule has 43 heteroatoms. The fourth-order valence-electron chi connectivity index (χ4n) is 8.45. The molecule has 6 aromatic rings. The molecule has 3 aliphatic rings. The summed E-state index contributed by atoms with van der Waals surface area (Å²) >= 11 is 0. The van der Waals surface area contributed by atoms with Crippen LogP contribution in [0.4, 0.5) is 17.7 Å². The number of imidazole rings is 3. The first-order valence-electron chi connectivity index (χ1n) is 21.6. The van der Waals surface area contributed by atoms with Gasteiger partial charge in [-0.1, -0.05) is 4.98 Å². The van der Waals surface area contributed by atoms with Crippen LogP contribution in [0.15, 0.2) is 34.9 Å². The topological polar surface area (TPSA) is 548 Å². The Morgan fingerprint density at radius 2 is 1.26 bits per heavy atom. The van der Waals surface area contributed by atoms with Gasteiger partial charge in [-0.05, 0) is 0 Å². The summed E-state index contributed by atoms with van der Waals surface area (Å²) in [6, 6.07) is 0. The molecular formula is C33H46N15O24P4+. The van der Waals surface area contributed by atoms with E-state index in [1.807, 2.05) is 0 Å². The molecule has 0 spiro atoms. The van der Waals surface area contributed by atoms with Crippen molar-refractivity contribution in [3.05, 3.63) is 46.0 Å². The van der Waals surface area contributed by atoms with Gasteiger partial charge in [-0.3, -0.25) is 51.4 Å². The van der Waals surface area contributed by atoms with Crippen LogP contribution in [0.1, 0.15) is 18.7 Å². The Morgan fingerprint density at radius 3 is 1.92 bits per heavy atom. The van der Waals surface area contributed by atoms with Gasteiger partial charge in [0.05, 0.1) is 39.5 Å². The van der Waals surface area contributed by atoms with E-state index in [0.717, 1.165) is 28.9 Å². The summed E-state index contributed by atoms with van der Waals surface area (Å²) in [6.07, 6.45) is -15.5. The van der Waals surface area contributed by atoms with Crippen LogP contribution in [-0.4, -0.2) is 182 Å². The smallest absolute Gasteiger partial charge is 0.387 e. The molecule has 7 unspecified atom stereocenters. The number of aromatic nitrogens is 12. The van der Waals surface area contributed by atoms with Gasteiger partial charge in [0.1, 0.15) is 66.8 Å². The second-order valence-electron chi connectivity index (χ2n) is 16.7. The van der Waals surface area contributed by atoms with Crippen molar-refractivity contribution < 1.29 is 108 Å². The number of phosphoric ester groups is 3. The van der Waals surface area contributed by atoms with Gasteiger partial charge in [-0.25, -0.2) is 42.8 Å². The molecule has 416 valence electrons. The monoisotopic (exact) mass is 1160 g/mol. The number of aryl methyl sites for hydroxylation is 1. The van der Waals surface area contributed by atoms with Crippen molar-refractivity contribution in [3.8, 4) is 0 Å². The Balaban J connectivity index is 0.868. The average Bonchev–Trinajstić information content (AvgIpc) is 4.19. The van der Waals surface area contributed by atoms with Gasteiger partial charge in [-0.15, -0.1) is 0 Å². The maximum Gasteiger partial charge on any atom is 0.490 e. The van der Waals surface area contributed by atoms with E-state index in [2.05, 4.69) is 53.8 Å². The number of phosphoric acid groups is 4. The van der Waals surface area contributed by atoms with E-state index >= 15 is 0 Å². The van der Waals surface area contributed by atoms with Crippen molar-refractivity contribution in [2.45, 2.75) is 73.6 Å². The van der Waals surface area contributed by atoms with Gasteiger partial charge in [0.25, 0.3) is 17.1 Å². The molecule has 3 saturated heterocycles. The number of hydrogen-bond donors (Lipinski definition) is 13. The van der Waals surface area contributed by atoms with Gasteiger partial charge < -0.3 is 75.7 Å². The lowest BCUT2D eigenvalue weighted by Crippen LogP contribution is -2.46. The zero-order chi connectivity index (χ0) is 55.0. The number of fused-ring (bicyclic) bond motifs is 3. The van der Waals surface area contributed by atoms with Gasteiger partial charge in [0, 0.05) is 14.2 Å². The molecule has 3 fully saturated rings. The SMILES string of the molecule is CNc1ncnc2c1ncn2[C@@H]1O[C@H](COP(=O)(O)OP(=O)(O)OP(=O)(O)OC[C@H]2O[C@@H]([n+]3cn(C)c4c(=O)[nH]c(N)nc43)C(O)[C@H]2O)[C@H](OP(=O)(O)OC[C@H]2O[C@@H](n3cnc4c(=O)[nH]c(N)nc43)C(O)[C@H]2O)C1OC. The lowest BCUT2D eigenvalue weighted by atomic mass is 10.1. The van der Waals surface area contributed by atoms with E-state index in [9.17, 15) is 67.8 Å². The fourth-order valence-corrected chi connectivity index (χ4v) is 12.9. The van der Waals surface area contributed by atoms with Crippen molar-refractivity contribution >= 4 is 82.5 Å². The third kappa shape index (κ3) is 11.0. The van der Waals surface area contributed by atoms with Crippen molar-refractivity contribution in [1.29, 1.82) is 0 Å². The summed E-state index contributed by atoms with van der Waals surface area (Å²) < 4.78 is 109. The van der Waals surface area contributed by atoms with Crippen molar-refractivity contribution in [3.63, 3.8) is 0 Å². The Labute approximate surface area is 421 Å². The van der Waals surface area contributed by atoms with E-state index in [-0.39, 0.29) is 51.2 Å². The van der Waals surface area contributed by atoms with Crippen molar-refractivity contribution in [2.75, 3.05) is 50.8 Å². The van der Waals surface area contributed by atoms with Gasteiger partial charge in [0.2, 0.25) is 17.7 Å². The van der Waals surface area contributed by atoms with E-state index < -0.39 is 136 Å². The highest BCUT2D eigenvalue weighted by atomic mass is 31.3. The second kappa shape index (κ2) is 20.9.